The molecule has 1 aliphatic carbocycles. The molecule has 2 fully saturated rings. The Morgan fingerprint density at radius 3 is 2.63 bits per heavy atom. The number of rotatable bonds is 6. The zero-order valence-electron chi connectivity index (χ0n) is 19.5. The van der Waals surface area contributed by atoms with Crippen LogP contribution in [0.25, 0.3) is 11.4 Å². The van der Waals surface area contributed by atoms with E-state index < -0.39 is 14.6 Å². The molecule has 2 amide bonds. The number of ether oxygens (including phenoxy) is 1. The van der Waals surface area contributed by atoms with Crippen LogP contribution in [0.2, 0.25) is 0 Å². The molecule has 2 aromatic heterocycles. The number of hydrogen-bond acceptors (Lipinski definition) is 8. The quantitative estimate of drug-likeness (QED) is 0.471. The molecule has 1 aromatic carbocycles. The summed E-state index contributed by atoms with van der Waals surface area (Å²) in [4.78, 5) is 30.0. The highest BCUT2D eigenvalue weighted by atomic mass is 32.2. The topological polar surface area (TPSA) is 142 Å². The number of morpholine rings is 1. The first-order chi connectivity index (χ1) is 16.8. The predicted molar refractivity (Wildman–Crippen MR) is 130 cm³/mol. The van der Waals surface area contributed by atoms with E-state index in [2.05, 4.69) is 25.5 Å². The fraction of sp³-hybridized carbons (Fsp3) is 0.391. The number of imidazole rings is 1. The Bertz CT molecular complexity index is 1320. The largest absolute Gasteiger partial charge is 0.377 e. The van der Waals surface area contributed by atoms with Gasteiger partial charge in [0.25, 0.3) is 0 Å². The zero-order valence-corrected chi connectivity index (χ0v) is 20.3. The molecule has 0 spiro atoms. The number of anilines is 2. The molecule has 11 nitrogen and oxygen atoms in total. The van der Waals surface area contributed by atoms with Crippen molar-refractivity contribution >= 4 is 27.4 Å². The van der Waals surface area contributed by atoms with Crippen molar-refractivity contribution in [3.05, 3.63) is 48.4 Å². The molecular weight excluding hydrogens is 470 g/mol. The minimum atomic E-state index is -3.77. The summed E-state index contributed by atoms with van der Waals surface area (Å²) < 4.78 is 31.5. The van der Waals surface area contributed by atoms with Crippen LogP contribution in [-0.2, 0) is 19.3 Å². The summed E-state index contributed by atoms with van der Waals surface area (Å²) in [5.41, 5.74) is 1.79. The van der Waals surface area contributed by atoms with E-state index in [1.165, 1.54) is 12.4 Å². The van der Waals surface area contributed by atoms with Gasteiger partial charge in [-0.3, -0.25) is 0 Å². The lowest BCUT2D eigenvalue weighted by Crippen LogP contribution is -2.44. The van der Waals surface area contributed by atoms with Crippen molar-refractivity contribution in [2.45, 2.75) is 35.7 Å². The van der Waals surface area contributed by atoms with Gasteiger partial charge in [0.2, 0.25) is 15.0 Å². The lowest BCUT2D eigenvalue weighted by molar-refractivity contribution is 0.0985. The number of aromatic amines is 1. The van der Waals surface area contributed by atoms with Gasteiger partial charge >= 0.3 is 6.03 Å². The van der Waals surface area contributed by atoms with Gasteiger partial charge in [-0.2, -0.15) is 0 Å². The second kappa shape index (κ2) is 8.93. The highest BCUT2D eigenvalue weighted by molar-refractivity contribution is 7.92. The van der Waals surface area contributed by atoms with Crippen molar-refractivity contribution in [1.82, 2.24) is 25.3 Å². The number of benzene rings is 1. The number of carbonyl (C=O) groups is 1. The van der Waals surface area contributed by atoms with E-state index in [1.54, 1.807) is 37.4 Å². The maximum atomic E-state index is 13.5. The van der Waals surface area contributed by atoms with Crippen LogP contribution in [0.1, 0.15) is 25.5 Å². The van der Waals surface area contributed by atoms with Gasteiger partial charge in [0.15, 0.2) is 5.82 Å². The summed E-state index contributed by atoms with van der Waals surface area (Å²) in [6, 6.07) is 8.66. The smallest absolute Gasteiger partial charge is 0.318 e. The van der Waals surface area contributed by atoms with Gasteiger partial charge in [0.1, 0.15) is 10.6 Å². The molecular formula is C23H27N7O4S. The van der Waals surface area contributed by atoms with Crippen LogP contribution in [0.15, 0.2) is 47.9 Å². The van der Waals surface area contributed by atoms with E-state index in [0.717, 1.165) is 0 Å². The molecule has 0 unspecified atom stereocenters. The summed E-state index contributed by atoms with van der Waals surface area (Å²) in [5.74, 6) is 1.08. The van der Waals surface area contributed by atoms with Gasteiger partial charge < -0.3 is 25.3 Å². The summed E-state index contributed by atoms with van der Waals surface area (Å²) in [6.07, 6.45) is 3.85. The minimum absolute atomic E-state index is 0.0546. The Balaban J connectivity index is 1.58. The third kappa shape index (κ3) is 4.23. The minimum Gasteiger partial charge on any atom is -0.377 e. The summed E-state index contributed by atoms with van der Waals surface area (Å²) in [7, 11) is -2.23. The lowest BCUT2D eigenvalue weighted by atomic mass is 10.1. The van der Waals surface area contributed by atoms with Gasteiger partial charge in [-0.25, -0.2) is 28.2 Å². The lowest BCUT2D eigenvalue weighted by Gasteiger charge is -2.34. The van der Waals surface area contributed by atoms with Gasteiger partial charge in [0.05, 0.1) is 24.9 Å². The van der Waals surface area contributed by atoms with Crippen molar-refractivity contribution < 1.29 is 17.9 Å². The fourth-order valence-corrected chi connectivity index (χ4v) is 6.08. The van der Waals surface area contributed by atoms with Crippen LogP contribution < -0.4 is 15.5 Å². The molecule has 35 heavy (non-hydrogen) atoms. The highest BCUT2D eigenvalue weighted by Crippen LogP contribution is 2.54. The average Bonchev–Trinajstić information content (AvgIpc) is 3.51. The Labute approximate surface area is 203 Å². The number of sulfone groups is 1. The highest BCUT2D eigenvalue weighted by Gasteiger charge is 2.59. The molecule has 3 N–H and O–H groups in total. The molecule has 184 valence electrons. The molecule has 1 saturated heterocycles. The number of amides is 2. The van der Waals surface area contributed by atoms with E-state index in [1.807, 2.05) is 6.92 Å². The number of H-pyrrole nitrogens is 1. The Kier molecular flexibility index (Phi) is 5.93. The van der Waals surface area contributed by atoms with E-state index in [4.69, 9.17) is 14.7 Å². The van der Waals surface area contributed by atoms with E-state index in [-0.39, 0.29) is 17.2 Å². The molecule has 5 rings (SSSR count). The molecule has 0 radical (unpaired) electrons. The first kappa shape index (κ1) is 23.2. The van der Waals surface area contributed by atoms with Crippen molar-refractivity contribution in [3.63, 3.8) is 0 Å². The number of aromatic nitrogens is 4. The maximum absolute atomic E-state index is 13.5. The maximum Gasteiger partial charge on any atom is 0.318 e. The molecule has 0 bridgehead atoms. The van der Waals surface area contributed by atoms with Crippen molar-refractivity contribution in [3.8, 4) is 11.4 Å². The first-order valence-corrected chi connectivity index (χ1v) is 12.9. The van der Waals surface area contributed by atoms with Gasteiger partial charge in [-0.05, 0) is 44.0 Å². The Morgan fingerprint density at radius 2 is 2.00 bits per heavy atom. The fourth-order valence-electron chi connectivity index (χ4n) is 4.27. The van der Waals surface area contributed by atoms with Crippen LogP contribution >= 0.6 is 0 Å². The SMILES string of the molecule is CNC(=O)Nc1ccc(-c2nc(N3CCOC[C@@H]3C)cc(C3(S(=O)(=O)c4ncc[nH]4)CC3)n2)cc1. The van der Waals surface area contributed by atoms with E-state index in [0.29, 0.717) is 61.2 Å². The van der Waals surface area contributed by atoms with Crippen LogP contribution in [0.5, 0.6) is 0 Å². The van der Waals surface area contributed by atoms with Crippen molar-refractivity contribution in [1.29, 1.82) is 0 Å². The van der Waals surface area contributed by atoms with Gasteiger partial charge in [-0.15, -0.1) is 0 Å². The first-order valence-electron chi connectivity index (χ1n) is 11.4. The zero-order chi connectivity index (χ0) is 24.6. The van der Waals surface area contributed by atoms with Crippen LogP contribution in [0, 0.1) is 0 Å². The number of nitrogens with one attached hydrogen (secondary N) is 3. The van der Waals surface area contributed by atoms with E-state index in [9.17, 15) is 13.2 Å². The molecule has 12 heteroatoms. The molecule has 1 aliphatic heterocycles. The van der Waals surface area contributed by atoms with Gasteiger partial charge in [0, 0.05) is 43.3 Å². The molecule has 1 saturated carbocycles. The van der Waals surface area contributed by atoms with Crippen LogP contribution in [-0.4, -0.2) is 67.2 Å². The van der Waals surface area contributed by atoms with Gasteiger partial charge in [-0.1, -0.05) is 0 Å². The van der Waals surface area contributed by atoms with Crippen molar-refractivity contribution in [2.24, 2.45) is 0 Å². The Hall–Kier alpha value is -3.51. The third-order valence-electron chi connectivity index (χ3n) is 6.42. The van der Waals surface area contributed by atoms with Crippen LogP contribution in [0.4, 0.5) is 16.3 Å². The summed E-state index contributed by atoms with van der Waals surface area (Å²) in [5, 5.41) is 5.17. The summed E-state index contributed by atoms with van der Waals surface area (Å²) in [6.45, 7) is 3.81. The van der Waals surface area contributed by atoms with Crippen LogP contribution in [0.3, 0.4) is 0 Å². The number of urea groups is 1. The number of hydrogen-bond donors (Lipinski definition) is 3. The average molecular weight is 498 g/mol. The van der Waals surface area contributed by atoms with E-state index >= 15 is 0 Å². The molecule has 2 aliphatic rings. The second-order valence-electron chi connectivity index (χ2n) is 8.73. The number of nitrogens with zero attached hydrogens (tertiary/aromatic N) is 4. The molecule has 3 aromatic rings. The molecule has 3 heterocycles. The standard InChI is InChI=1S/C23H27N7O4S/c1-15-14-34-12-11-30(15)19-13-18(23(7-8-23)35(32,33)22-25-9-10-26-22)28-20(29-19)16-3-5-17(6-4-16)27-21(31)24-2/h3-6,9-10,13,15H,7-8,11-12,14H2,1-2H3,(H,25,26)(H2,24,27,31)/t15-/m0/s1. The monoisotopic (exact) mass is 497 g/mol. The second-order valence-corrected chi connectivity index (χ2v) is 10.9. The normalized spacial score (nSPS) is 19.3. The third-order valence-corrected chi connectivity index (χ3v) is 8.79. The predicted octanol–water partition coefficient (Wildman–Crippen LogP) is 2.31. The molecule has 1 atom stereocenters. The number of carbonyl (C=O) groups excluding carboxylic acids is 1. The van der Waals surface area contributed by atoms with Crippen molar-refractivity contribution in [2.75, 3.05) is 37.0 Å². The Morgan fingerprint density at radius 1 is 1.23 bits per heavy atom. The summed E-state index contributed by atoms with van der Waals surface area (Å²) >= 11 is 0.